The third-order valence-electron chi connectivity index (χ3n) is 8.47. The molecule has 6 rings (SSSR count). The van der Waals surface area contributed by atoms with Crippen LogP contribution in [-0.4, -0.2) is 47.1 Å². The second-order valence-electron chi connectivity index (χ2n) is 9.51. The predicted molar refractivity (Wildman–Crippen MR) is 89.7 cm³/mol. The molecule has 2 bridgehead atoms. The first-order chi connectivity index (χ1) is 12.2. The van der Waals surface area contributed by atoms with Gasteiger partial charge in [0, 0.05) is 23.2 Å². The van der Waals surface area contributed by atoms with Gasteiger partial charge in [0.2, 0.25) is 0 Å². The molecule has 0 amide bonds. The number of hydrogen-bond acceptors (Lipinski definition) is 6. The van der Waals surface area contributed by atoms with E-state index in [1.807, 2.05) is 13.0 Å². The summed E-state index contributed by atoms with van der Waals surface area (Å²) in [6.45, 7) is 3.72. The number of rotatable bonds is 2. The number of ketones is 1. The highest BCUT2D eigenvalue weighted by Crippen LogP contribution is 2.71. The maximum Gasteiger partial charge on any atom is 0.318 e. The monoisotopic (exact) mass is 362 g/mol. The minimum Gasteiger partial charge on any atom is -0.457 e. The van der Waals surface area contributed by atoms with Crippen LogP contribution in [0.2, 0.25) is 0 Å². The molecule has 6 nitrogen and oxygen atoms in total. The van der Waals surface area contributed by atoms with E-state index in [4.69, 9.17) is 9.47 Å². The Hall–Kier alpha value is -1.24. The largest absolute Gasteiger partial charge is 0.457 e. The van der Waals surface area contributed by atoms with Gasteiger partial charge in [0.25, 0.3) is 0 Å². The summed E-state index contributed by atoms with van der Waals surface area (Å²) in [6.07, 6.45) is 5.09. The number of carbonyl (C=O) groups excluding carboxylic acids is 2. The number of Topliss-reactive ketones (excluding diaryl/α,β-unsaturated/α-hetero) is 1. The van der Waals surface area contributed by atoms with E-state index in [2.05, 4.69) is 0 Å². The lowest BCUT2D eigenvalue weighted by Crippen LogP contribution is -2.71. The Labute approximate surface area is 152 Å². The fourth-order valence-electron chi connectivity index (χ4n) is 6.93. The molecule has 2 saturated carbocycles. The van der Waals surface area contributed by atoms with E-state index in [1.165, 1.54) is 0 Å². The summed E-state index contributed by atoms with van der Waals surface area (Å²) in [5, 5.41) is 20.4. The number of aliphatic hydroxyl groups excluding tert-OH is 1. The zero-order valence-corrected chi connectivity index (χ0v) is 15.3. The maximum absolute atomic E-state index is 12.8. The van der Waals surface area contributed by atoms with Gasteiger partial charge in [-0.2, -0.15) is 0 Å². The lowest BCUT2D eigenvalue weighted by molar-refractivity contribution is -0.367. The van der Waals surface area contributed by atoms with Crippen LogP contribution in [0.25, 0.3) is 0 Å². The van der Waals surface area contributed by atoms with Crippen molar-refractivity contribution >= 4 is 11.8 Å². The number of allylic oxidation sites excluding steroid dienone is 1. The zero-order chi connectivity index (χ0) is 18.5. The summed E-state index contributed by atoms with van der Waals surface area (Å²) in [5.41, 5.74) is -0.645. The molecule has 3 saturated heterocycles. The van der Waals surface area contributed by atoms with E-state index in [-0.39, 0.29) is 35.1 Å². The van der Waals surface area contributed by atoms with Gasteiger partial charge in [-0.15, -0.1) is 0 Å². The average molecular weight is 362 g/mol. The van der Waals surface area contributed by atoms with Crippen LogP contribution in [0.3, 0.4) is 0 Å². The molecule has 1 spiro atoms. The van der Waals surface area contributed by atoms with Crippen LogP contribution in [0.15, 0.2) is 11.6 Å². The van der Waals surface area contributed by atoms with Crippen molar-refractivity contribution in [3.8, 4) is 0 Å². The van der Waals surface area contributed by atoms with E-state index in [1.54, 1.807) is 6.92 Å². The molecule has 0 radical (unpaired) electrons. The molecule has 6 heteroatoms. The number of ether oxygens (including phenoxy) is 2. The van der Waals surface area contributed by atoms with Crippen LogP contribution in [-0.2, 0) is 19.1 Å². The first kappa shape index (κ1) is 16.9. The molecule has 0 aromatic heterocycles. The quantitative estimate of drug-likeness (QED) is 0.569. The smallest absolute Gasteiger partial charge is 0.318 e. The fraction of sp³-hybridized carbons (Fsp3) is 0.800. The van der Waals surface area contributed by atoms with Crippen molar-refractivity contribution in [3.63, 3.8) is 0 Å². The van der Waals surface area contributed by atoms with Crippen LogP contribution < -0.4 is 0 Å². The molecule has 3 aliphatic carbocycles. The van der Waals surface area contributed by atoms with E-state index >= 15 is 0 Å². The van der Waals surface area contributed by atoms with Crippen LogP contribution in [0.4, 0.5) is 0 Å². The number of hydrogen-bond donors (Lipinski definition) is 2. The van der Waals surface area contributed by atoms with Gasteiger partial charge in [-0.05, 0) is 44.6 Å². The first-order valence-corrected chi connectivity index (χ1v) is 9.62. The molecular weight excluding hydrogens is 336 g/mol. The lowest BCUT2D eigenvalue weighted by atomic mass is 9.42. The van der Waals surface area contributed by atoms with Crippen molar-refractivity contribution in [1.82, 2.24) is 0 Å². The molecule has 1 unspecified atom stereocenters. The molecule has 6 aliphatic rings. The average Bonchev–Trinajstić information content (AvgIpc) is 2.89. The number of fused-ring (bicyclic) bond motifs is 3. The highest BCUT2D eigenvalue weighted by Gasteiger charge is 2.78. The number of esters is 1. The third-order valence-corrected chi connectivity index (χ3v) is 8.47. The Morgan fingerprint density at radius 3 is 2.73 bits per heavy atom. The van der Waals surface area contributed by atoms with Gasteiger partial charge in [-0.3, -0.25) is 9.59 Å². The number of aliphatic hydroxyl groups is 2. The summed E-state index contributed by atoms with van der Waals surface area (Å²) in [4.78, 5) is 25.1. The first-order valence-electron chi connectivity index (χ1n) is 9.62. The molecule has 5 fully saturated rings. The van der Waals surface area contributed by atoms with Crippen LogP contribution in [0.1, 0.15) is 46.0 Å². The molecule has 0 aromatic rings. The van der Waals surface area contributed by atoms with E-state index in [0.29, 0.717) is 19.4 Å². The van der Waals surface area contributed by atoms with E-state index in [9.17, 15) is 19.8 Å². The topological polar surface area (TPSA) is 93.1 Å². The Kier molecular flexibility index (Phi) is 3.10. The second kappa shape index (κ2) is 4.78. The van der Waals surface area contributed by atoms with Gasteiger partial charge >= 0.3 is 5.97 Å². The van der Waals surface area contributed by atoms with Crippen LogP contribution >= 0.6 is 0 Å². The Balaban J connectivity index is 1.61. The minimum absolute atomic E-state index is 0.0818. The van der Waals surface area contributed by atoms with E-state index < -0.39 is 23.2 Å². The van der Waals surface area contributed by atoms with Gasteiger partial charge in [-0.25, -0.2) is 0 Å². The highest BCUT2D eigenvalue weighted by molar-refractivity contribution is 5.86. The Morgan fingerprint density at radius 2 is 2.08 bits per heavy atom. The van der Waals surface area contributed by atoms with Crippen LogP contribution in [0.5, 0.6) is 0 Å². The minimum atomic E-state index is -1.44. The fourth-order valence-corrected chi connectivity index (χ4v) is 6.93. The molecule has 3 aliphatic heterocycles. The van der Waals surface area contributed by atoms with Crippen molar-refractivity contribution < 1.29 is 29.3 Å². The van der Waals surface area contributed by atoms with Crippen LogP contribution in [0, 0.1) is 28.1 Å². The lowest BCUT2D eigenvalue weighted by Gasteiger charge is -2.65. The van der Waals surface area contributed by atoms with Gasteiger partial charge in [0.1, 0.15) is 18.1 Å². The summed E-state index contributed by atoms with van der Waals surface area (Å²) >= 11 is 0. The molecule has 0 aromatic carbocycles. The summed E-state index contributed by atoms with van der Waals surface area (Å²) in [6, 6.07) is 0. The van der Waals surface area contributed by atoms with Crippen molar-refractivity contribution in [3.05, 3.63) is 11.6 Å². The Morgan fingerprint density at radius 1 is 1.31 bits per heavy atom. The molecule has 26 heavy (non-hydrogen) atoms. The van der Waals surface area contributed by atoms with Gasteiger partial charge in [0.15, 0.2) is 11.6 Å². The SMILES string of the molecule is CC12C(=O)O[C@H]3C=C4C[C@](C)(C(=O)CO)CC[C@@H]4[C@@]4(CC[C@]1(O)OC4)[C@@H]32. The van der Waals surface area contributed by atoms with Crippen molar-refractivity contribution in [2.45, 2.75) is 57.8 Å². The Bertz CT molecular complexity index is 733. The highest BCUT2D eigenvalue weighted by atomic mass is 16.6. The second-order valence-corrected chi connectivity index (χ2v) is 9.51. The van der Waals surface area contributed by atoms with Gasteiger partial charge < -0.3 is 19.7 Å². The standard InChI is InChI=1S/C20H26O6/c1-17(14(22)9-21)4-3-12-11(8-17)7-13-15-18(2,16(23)26-13)20(24)6-5-19(12,15)10-25-20/h7,12-13,15,21,24H,3-6,8-10H2,1-2H3/t12-,13-,15-,17+,18?,19-,20-/m0/s1. The maximum atomic E-state index is 12.8. The summed E-state index contributed by atoms with van der Waals surface area (Å²) in [7, 11) is 0. The summed E-state index contributed by atoms with van der Waals surface area (Å²) in [5.74, 6) is -1.78. The molecule has 7 atom stereocenters. The molecule has 142 valence electrons. The summed E-state index contributed by atoms with van der Waals surface area (Å²) < 4.78 is 11.7. The predicted octanol–water partition coefficient (Wildman–Crippen LogP) is 1.34. The molecular formula is C20H26O6. The van der Waals surface area contributed by atoms with Crippen molar-refractivity contribution in [1.29, 1.82) is 0 Å². The molecule has 3 heterocycles. The van der Waals surface area contributed by atoms with Crippen molar-refractivity contribution in [2.75, 3.05) is 13.2 Å². The third kappa shape index (κ3) is 1.65. The van der Waals surface area contributed by atoms with Gasteiger partial charge in [-0.1, -0.05) is 12.5 Å². The number of carbonyl (C=O) groups is 2. The normalized spacial score (nSPS) is 54.2. The van der Waals surface area contributed by atoms with Crippen molar-refractivity contribution in [2.24, 2.45) is 28.1 Å². The van der Waals surface area contributed by atoms with Gasteiger partial charge in [0.05, 0.1) is 6.61 Å². The van der Waals surface area contributed by atoms with E-state index in [0.717, 1.165) is 24.8 Å². The zero-order valence-electron chi connectivity index (χ0n) is 15.3. The molecule has 2 N–H and O–H groups in total.